The number of hydrogen-bond donors (Lipinski definition) is 1. The highest BCUT2D eigenvalue weighted by molar-refractivity contribution is 7.22. The summed E-state index contributed by atoms with van der Waals surface area (Å²) in [5.74, 6) is 0.510. The minimum absolute atomic E-state index is 0.136. The smallest absolute Gasteiger partial charge is 0.422 e. The number of ether oxygens (including phenoxy) is 2. The lowest BCUT2D eigenvalue weighted by Crippen LogP contribution is -2.23. The van der Waals surface area contributed by atoms with Crippen LogP contribution in [0.1, 0.15) is 0 Å². The highest BCUT2D eigenvalue weighted by Crippen LogP contribution is 2.32. The molecule has 20 heavy (non-hydrogen) atoms. The summed E-state index contributed by atoms with van der Waals surface area (Å²) in [5.41, 5.74) is 0.520. The topological polar surface area (TPSA) is 60.5 Å². The Kier molecular flexibility index (Phi) is 3.98. The zero-order valence-corrected chi connectivity index (χ0v) is 11.0. The van der Waals surface area contributed by atoms with Crippen molar-refractivity contribution >= 4 is 32.8 Å². The number of anilines is 1. The van der Waals surface area contributed by atoms with Gasteiger partial charge < -0.3 is 9.47 Å². The SMILES string of the molecule is COc1cccc2sc(NC(=O)OCC(F)(F)F)nc12. The van der Waals surface area contributed by atoms with Gasteiger partial charge in [-0.3, -0.25) is 5.32 Å². The molecule has 9 heteroatoms. The van der Waals surface area contributed by atoms with Gasteiger partial charge in [-0.2, -0.15) is 13.2 Å². The lowest BCUT2D eigenvalue weighted by Gasteiger charge is -2.07. The van der Waals surface area contributed by atoms with Crippen molar-refractivity contribution < 1.29 is 27.4 Å². The number of alkyl halides is 3. The number of carbonyl (C=O) groups excluding carboxylic acids is 1. The molecule has 1 heterocycles. The van der Waals surface area contributed by atoms with Gasteiger partial charge in [0.05, 0.1) is 11.8 Å². The van der Waals surface area contributed by atoms with Gasteiger partial charge in [-0.25, -0.2) is 9.78 Å². The molecule has 108 valence electrons. The highest BCUT2D eigenvalue weighted by Gasteiger charge is 2.29. The molecule has 0 aliphatic rings. The number of hydrogen-bond acceptors (Lipinski definition) is 5. The van der Waals surface area contributed by atoms with Crippen LogP contribution in [0.3, 0.4) is 0 Å². The third-order valence-electron chi connectivity index (χ3n) is 2.18. The number of thiazole rings is 1. The van der Waals surface area contributed by atoms with Crippen molar-refractivity contribution in [3.05, 3.63) is 18.2 Å². The Balaban J connectivity index is 2.08. The molecule has 5 nitrogen and oxygen atoms in total. The second-order valence-electron chi connectivity index (χ2n) is 3.64. The number of nitrogens with one attached hydrogen (secondary N) is 1. The maximum atomic E-state index is 11.9. The van der Waals surface area contributed by atoms with Crippen molar-refractivity contribution in [3.8, 4) is 5.75 Å². The Morgan fingerprint density at radius 2 is 2.20 bits per heavy atom. The first kappa shape index (κ1) is 14.4. The van der Waals surface area contributed by atoms with Crippen LogP contribution in [0.2, 0.25) is 0 Å². The van der Waals surface area contributed by atoms with Crippen LogP contribution in [0.4, 0.5) is 23.1 Å². The fraction of sp³-hybridized carbons (Fsp3) is 0.273. The number of fused-ring (bicyclic) bond motifs is 1. The molecule has 1 aromatic carbocycles. The van der Waals surface area contributed by atoms with Gasteiger partial charge in [-0.1, -0.05) is 17.4 Å². The number of nitrogens with zero attached hydrogens (tertiary/aromatic N) is 1. The summed E-state index contributed by atoms with van der Waals surface area (Å²) >= 11 is 1.10. The Labute approximate surface area is 115 Å². The molecule has 0 bridgehead atoms. The van der Waals surface area contributed by atoms with E-state index >= 15 is 0 Å². The van der Waals surface area contributed by atoms with Gasteiger partial charge in [0.25, 0.3) is 0 Å². The van der Waals surface area contributed by atoms with E-state index < -0.39 is 18.9 Å². The maximum absolute atomic E-state index is 11.9. The monoisotopic (exact) mass is 306 g/mol. The van der Waals surface area contributed by atoms with Gasteiger partial charge in [0.2, 0.25) is 0 Å². The van der Waals surface area contributed by atoms with Crippen molar-refractivity contribution in [1.82, 2.24) is 4.98 Å². The quantitative estimate of drug-likeness (QED) is 0.944. The number of amides is 1. The van der Waals surface area contributed by atoms with E-state index in [1.165, 1.54) is 7.11 Å². The predicted octanol–water partition coefficient (Wildman–Crippen LogP) is 3.42. The minimum atomic E-state index is -4.56. The Morgan fingerprint density at radius 1 is 1.45 bits per heavy atom. The summed E-state index contributed by atoms with van der Waals surface area (Å²) in [5, 5.41) is 2.28. The lowest BCUT2D eigenvalue weighted by molar-refractivity contribution is -0.159. The fourth-order valence-corrected chi connectivity index (χ4v) is 2.28. The van der Waals surface area contributed by atoms with Gasteiger partial charge in [0.15, 0.2) is 11.7 Å². The van der Waals surface area contributed by atoms with Crippen LogP contribution in [-0.2, 0) is 4.74 Å². The predicted molar refractivity (Wildman–Crippen MR) is 67.2 cm³/mol. The summed E-state index contributed by atoms with van der Waals surface area (Å²) in [6, 6.07) is 5.18. The average Bonchev–Trinajstić information content (AvgIpc) is 2.77. The molecule has 2 rings (SSSR count). The average molecular weight is 306 g/mol. The number of halogens is 3. The van der Waals surface area contributed by atoms with Crippen molar-refractivity contribution in [1.29, 1.82) is 0 Å². The number of carbonyl (C=O) groups is 1. The first-order valence-electron chi connectivity index (χ1n) is 5.33. The third-order valence-corrected chi connectivity index (χ3v) is 3.11. The molecule has 0 aliphatic heterocycles. The molecule has 0 spiro atoms. The summed E-state index contributed by atoms with van der Waals surface area (Å²) in [4.78, 5) is 15.3. The molecule has 0 saturated heterocycles. The Morgan fingerprint density at radius 3 is 2.85 bits per heavy atom. The number of rotatable bonds is 3. The molecular weight excluding hydrogens is 297 g/mol. The molecule has 0 fully saturated rings. The molecular formula is C11H9F3N2O3S. The van der Waals surface area contributed by atoms with Crippen LogP contribution in [-0.4, -0.2) is 31.0 Å². The van der Waals surface area contributed by atoms with Gasteiger partial charge in [-0.15, -0.1) is 0 Å². The van der Waals surface area contributed by atoms with Gasteiger partial charge >= 0.3 is 12.3 Å². The lowest BCUT2D eigenvalue weighted by atomic mass is 10.3. The largest absolute Gasteiger partial charge is 0.494 e. The summed E-state index contributed by atoms with van der Waals surface area (Å²) < 4.78 is 45.5. The molecule has 0 atom stereocenters. The second kappa shape index (κ2) is 5.53. The highest BCUT2D eigenvalue weighted by atomic mass is 32.1. The molecule has 0 saturated carbocycles. The third kappa shape index (κ3) is 3.50. The standard InChI is InChI=1S/C11H9F3N2O3S/c1-18-6-3-2-4-7-8(6)15-9(20-7)16-10(17)19-5-11(12,13)14/h2-4H,5H2,1H3,(H,15,16,17). The van der Waals surface area contributed by atoms with Crippen molar-refractivity contribution in [2.24, 2.45) is 0 Å². The van der Waals surface area contributed by atoms with Gasteiger partial charge in [0.1, 0.15) is 11.3 Å². The molecule has 0 unspecified atom stereocenters. The fourth-order valence-electron chi connectivity index (χ4n) is 1.41. The van der Waals surface area contributed by atoms with E-state index in [0.717, 1.165) is 16.0 Å². The zero-order chi connectivity index (χ0) is 14.8. The van der Waals surface area contributed by atoms with E-state index in [1.807, 2.05) is 0 Å². The van der Waals surface area contributed by atoms with Crippen LogP contribution in [0, 0.1) is 0 Å². The molecule has 0 radical (unpaired) electrons. The summed E-state index contributed by atoms with van der Waals surface area (Å²) in [6.45, 7) is -1.65. The number of aromatic nitrogens is 1. The molecule has 2 aromatic rings. The Bertz CT molecular complexity index is 627. The van der Waals surface area contributed by atoms with E-state index in [1.54, 1.807) is 18.2 Å². The van der Waals surface area contributed by atoms with E-state index in [0.29, 0.717) is 11.3 Å². The first-order chi connectivity index (χ1) is 9.39. The van der Waals surface area contributed by atoms with E-state index in [2.05, 4.69) is 15.0 Å². The van der Waals surface area contributed by atoms with E-state index in [4.69, 9.17) is 4.74 Å². The van der Waals surface area contributed by atoms with Gasteiger partial charge in [-0.05, 0) is 12.1 Å². The van der Waals surface area contributed by atoms with Crippen LogP contribution >= 0.6 is 11.3 Å². The van der Waals surface area contributed by atoms with Crippen LogP contribution < -0.4 is 10.1 Å². The van der Waals surface area contributed by atoms with Crippen molar-refractivity contribution in [3.63, 3.8) is 0 Å². The Hall–Kier alpha value is -2.03. The normalized spacial score (nSPS) is 11.4. The number of benzene rings is 1. The van der Waals surface area contributed by atoms with E-state index in [9.17, 15) is 18.0 Å². The van der Waals surface area contributed by atoms with Crippen LogP contribution in [0.15, 0.2) is 18.2 Å². The van der Waals surface area contributed by atoms with Gasteiger partial charge in [0, 0.05) is 0 Å². The number of methoxy groups -OCH3 is 1. The molecule has 1 amide bonds. The summed E-state index contributed by atoms with van der Waals surface area (Å²) in [6.07, 6.45) is -5.77. The first-order valence-corrected chi connectivity index (χ1v) is 6.15. The molecule has 1 N–H and O–H groups in total. The maximum Gasteiger partial charge on any atom is 0.422 e. The minimum Gasteiger partial charge on any atom is -0.494 e. The van der Waals surface area contributed by atoms with Crippen molar-refractivity contribution in [2.75, 3.05) is 19.0 Å². The van der Waals surface area contributed by atoms with Crippen molar-refractivity contribution in [2.45, 2.75) is 6.18 Å². The van der Waals surface area contributed by atoms with Crippen LogP contribution in [0.5, 0.6) is 5.75 Å². The summed E-state index contributed by atoms with van der Waals surface area (Å²) in [7, 11) is 1.47. The molecule has 0 aliphatic carbocycles. The zero-order valence-electron chi connectivity index (χ0n) is 10.2. The molecule has 1 aromatic heterocycles. The number of para-hydroxylation sites is 1. The second-order valence-corrected chi connectivity index (χ2v) is 4.67. The van der Waals surface area contributed by atoms with E-state index in [-0.39, 0.29) is 5.13 Å². The van der Waals surface area contributed by atoms with Crippen LogP contribution in [0.25, 0.3) is 10.2 Å².